The summed E-state index contributed by atoms with van der Waals surface area (Å²) in [4.78, 5) is 28.9. The summed E-state index contributed by atoms with van der Waals surface area (Å²) in [6, 6.07) is 38.2. The van der Waals surface area contributed by atoms with Crippen LogP contribution in [0.25, 0.3) is 28.0 Å². The van der Waals surface area contributed by atoms with Crippen LogP contribution >= 0.6 is 0 Å². The third kappa shape index (κ3) is 4.51. The summed E-state index contributed by atoms with van der Waals surface area (Å²) in [6.07, 6.45) is 1.76. The number of nitrogens with zero attached hydrogens (tertiary/aromatic N) is 1. The van der Waals surface area contributed by atoms with Crippen molar-refractivity contribution in [2.24, 2.45) is 0 Å². The monoisotopic (exact) mass is 621 g/mol. The lowest BCUT2D eigenvalue weighted by Gasteiger charge is -2.43. The van der Waals surface area contributed by atoms with E-state index >= 15 is 0 Å². The number of rotatable bonds is 3. The van der Waals surface area contributed by atoms with Gasteiger partial charge in [0.15, 0.2) is 11.6 Å². The number of fused-ring (bicyclic) bond motifs is 5. The lowest BCUT2D eigenvalue weighted by atomic mass is 9.71. The van der Waals surface area contributed by atoms with Gasteiger partial charge in [0.1, 0.15) is 7.85 Å². The number of para-hydroxylation sites is 1. The third-order valence-corrected chi connectivity index (χ3v) is 10.2. The van der Waals surface area contributed by atoms with Gasteiger partial charge in [0, 0.05) is 22.2 Å². The number of anilines is 3. The molecule has 232 valence electrons. The van der Waals surface area contributed by atoms with Crippen molar-refractivity contribution < 1.29 is 9.59 Å². The molecule has 4 heteroatoms. The van der Waals surface area contributed by atoms with Gasteiger partial charge in [-0.2, -0.15) is 0 Å². The first-order valence-corrected chi connectivity index (χ1v) is 16.6. The molecule has 48 heavy (non-hydrogen) atoms. The fourth-order valence-electron chi connectivity index (χ4n) is 8.15. The number of carbonyl (C=O) groups excluding carboxylic acids is 2. The minimum atomic E-state index is -0.325. The Morgan fingerprint density at radius 2 is 1.40 bits per heavy atom. The van der Waals surface area contributed by atoms with E-state index in [1.807, 2.05) is 26.0 Å². The van der Waals surface area contributed by atoms with Gasteiger partial charge in [0.2, 0.25) is 0 Å². The molecule has 2 aliphatic rings. The van der Waals surface area contributed by atoms with Crippen molar-refractivity contribution in [2.75, 3.05) is 4.90 Å². The highest BCUT2D eigenvalue weighted by atomic mass is 16.2. The summed E-state index contributed by atoms with van der Waals surface area (Å²) in [5, 5.41) is 2.22. The van der Waals surface area contributed by atoms with Gasteiger partial charge in [0.05, 0.1) is 16.9 Å². The number of ketones is 2. The van der Waals surface area contributed by atoms with E-state index in [1.54, 1.807) is 12.1 Å². The van der Waals surface area contributed by atoms with Crippen LogP contribution < -0.4 is 10.4 Å². The zero-order chi connectivity index (χ0) is 33.5. The molecule has 0 spiro atoms. The smallest absolute Gasteiger partial charge is 0.197 e. The number of allylic oxidation sites excluding steroid dienone is 1. The second kappa shape index (κ2) is 10.8. The van der Waals surface area contributed by atoms with Gasteiger partial charge in [0.25, 0.3) is 0 Å². The summed E-state index contributed by atoms with van der Waals surface area (Å²) >= 11 is 0. The van der Waals surface area contributed by atoms with E-state index in [-0.39, 0.29) is 22.6 Å². The Hall–Kier alpha value is -5.48. The van der Waals surface area contributed by atoms with Crippen molar-refractivity contribution in [3.8, 4) is 11.1 Å². The number of carbonyl (C=O) groups is 2. The van der Waals surface area contributed by atoms with Crippen LogP contribution in [0.1, 0.15) is 67.9 Å². The molecule has 6 aromatic carbocycles. The van der Waals surface area contributed by atoms with Gasteiger partial charge in [-0.05, 0) is 113 Å². The predicted octanol–water partition coefficient (Wildman–Crippen LogP) is 9.26. The van der Waals surface area contributed by atoms with Crippen molar-refractivity contribution in [2.45, 2.75) is 40.0 Å². The van der Waals surface area contributed by atoms with Gasteiger partial charge in [-0.3, -0.25) is 9.59 Å². The normalized spacial score (nSPS) is 15.5. The van der Waals surface area contributed by atoms with Crippen LogP contribution in [-0.4, -0.2) is 19.4 Å². The Kier molecular flexibility index (Phi) is 6.72. The summed E-state index contributed by atoms with van der Waals surface area (Å²) < 4.78 is 0. The molecule has 1 aliphatic carbocycles. The molecule has 0 unspecified atom stereocenters. The van der Waals surface area contributed by atoms with Crippen LogP contribution in [-0.2, 0) is 5.41 Å². The van der Waals surface area contributed by atoms with Crippen molar-refractivity contribution in [1.82, 2.24) is 0 Å². The topological polar surface area (TPSA) is 37.4 Å². The molecule has 0 amide bonds. The molecular weight excluding hydrogens is 585 g/mol. The van der Waals surface area contributed by atoms with Crippen molar-refractivity contribution in [1.29, 1.82) is 0 Å². The van der Waals surface area contributed by atoms with Gasteiger partial charge >= 0.3 is 0 Å². The second-order valence-electron chi connectivity index (χ2n) is 14.0. The van der Waals surface area contributed by atoms with E-state index in [2.05, 4.69) is 124 Å². The molecule has 0 atom stereocenters. The quantitative estimate of drug-likeness (QED) is 0.112. The van der Waals surface area contributed by atoms with Crippen LogP contribution in [0.5, 0.6) is 0 Å². The summed E-state index contributed by atoms with van der Waals surface area (Å²) in [7, 11) is 1.94. The fraction of sp³-hybridized carbons (Fsp3) is 0.136. The molecule has 1 heterocycles. The highest BCUT2D eigenvalue weighted by molar-refractivity contribution is 6.43. The average Bonchev–Trinajstić information content (AvgIpc) is 3.28. The maximum atomic E-state index is 13.3. The van der Waals surface area contributed by atoms with E-state index in [1.165, 1.54) is 44.6 Å². The molecule has 3 nitrogen and oxygen atoms in total. The maximum Gasteiger partial charge on any atom is 0.197 e. The molecular formula is C44H36BNO2. The second-order valence-corrected chi connectivity index (χ2v) is 14.0. The van der Waals surface area contributed by atoms with Crippen LogP contribution in [0.4, 0.5) is 17.1 Å². The van der Waals surface area contributed by atoms with Crippen LogP contribution in [0.2, 0.25) is 0 Å². The largest absolute Gasteiger partial charge is 0.310 e. The Balaban J connectivity index is 1.30. The summed E-state index contributed by atoms with van der Waals surface area (Å²) in [6.45, 7) is 11.2. The van der Waals surface area contributed by atoms with E-state index in [0.29, 0.717) is 11.1 Å². The molecule has 6 aromatic rings. The van der Waals surface area contributed by atoms with Gasteiger partial charge in [-0.15, -0.1) is 0 Å². The SMILES string of the molecule is Bc1ccc2c(c1)C(=O)/C(=C\c1ccc3c4c(ccc3c1)N(c1ccccc1)c1ccc(-c3c(C)cc(C)cc3C)cc1C4(C)C)C2=O. The number of benzene rings is 6. The van der Waals surface area contributed by atoms with Crippen molar-refractivity contribution in [3.05, 3.63) is 159 Å². The van der Waals surface area contributed by atoms with Crippen LogP contribution in [0.3, 0.4) is 0 Å². The minimum absolute atomic E-state index is 0.199. The first-order valence-electron chi connectivity index (χ1n) is 16.6. The Labute approximate surface area is 283 Å². The van der Waals surface area contributed by atoms with Crippen molar-refractivity contribution in [3.63, 3.8) is 0 Å². The van der Waals surface area contributed by atoms with E-state index in [4.69, 9.17) is 0 Å². The molecule has 0 saturated carbocycles. The maximum absolute atomic E-state index is 13.3. The van der Waals surface area contributed by atoms with Crippen LogP contribution in [0, 0.1) is 20.8 Å². The molecule has 0 bridgehead atoms. The lowest BCUT2D eigenvalue weighted by Crippen LogP contribution is -2.31. The van der Waals surface area contributed by atoms with Gasteiger partial charge < -0.3 is 4.90 Å². The first kappa shape index (κ1) is 29.9. The van der Waals surface area contributed by atoms with Gasteiger partial charge in [-0.25, -0.2) is 0 Å². The van der Waals surface area contributed by atoms with Crippen molar-refractivity contribution >= 4 is 58.8 Å². The predicted molar refractivity (Wildman–Crippen MR) is 202 cm³/mol. The minimum Gasteiger partial charge on any atom is -0.310 e. The Morgan fingerprint density at radius 1 is 0.688 bits per heavy atom. The zero-order valence-electron chi connectivity index (χ0n) is 28.2. The molecule has 0 fully saturated rings. The summed E-state index contributed by atoms with van der Waals surface area (Å²) in [5.74, 6) is -0.401. The molecule has 0 aromatic heterocycles. The number of Topliss-reactive ketones (excluding diaryl/α,β-unsaturated/α-hetero) is 2. The zero-order valence-corrected chi connectivity index (χ0v) is 28.2. The fourth-order valence-corrected chi connectivity index (χ4v) is 8.15. The molecule has 0 N–H and O–H groups in total. The third-order valence-electron chi connectivity index (χ3n) is 10.2. The van der Waals surface area contributed by atoms with Gasteiger partial charge in [-0.1, -0.05) is 97.7 Å². The molecule has 0 radical (unpaired) electrons. The number of aryl methyl sites for hydroxylation is 3. The highest BCUT2D eigenvalue weighted by Gasteiger charge is 2.39. The lowest BCUT2D eigenvalue weighted by molar-refractivity contribution is 0.0990. The van der Waals surface area contributed by atoms with E-state index in [9.17, 15) is 9.59 Å². The van der Waals surface area contributed by atoms with E-state index < -0.39 is 0 Å². The van der Waals surface area contributed by atoms with E-state index in [0.717, 1.165) is 33.2 Å². The number of hydrogen-bond donors (Lipinski definition) is 0. The molecule has 0 saturated heterocycles. The van der Waals surface area contributed by atoms with Crippen LogP contribution in [0.15, 0.2) is 115 Å². The highest BCUT2D eigenvalue weighted by Crippen LogP contribution is 2.54. The Bertz CT molecular complexity index is 2380. The standard InChI is InChI=1S/C44H36BNO2/c1-25-19-26(2)40(27(3)20-25)30-13-17-38-37(23-30)44(4,5)41-33-15-11-28(22-36-42(47)34-16-14-31(45)24-35(34)43(36)48)21-29(33)12-18-39(41)46(38)32-9-7-6-8-10-32/h6-24H,45H2,1-5H3/b36-22-. The average molecular weight is 622 g/mol. The number of hydrogen-bond acceptors (Lipinski definition) is 3. The summed E-state index contributed by atoms with van der Waals surface area (Å²) in [5.41, 5.74) is 15.0. The first-order chi connectivity index (χ1) is 23.0. The Morgan fingerprint density at radius 3 is 2.15 bits per heavy atom. The molecule has 1 aliphatic heterocycles. The molecule has 8 rings (SSSR count).